The van der Waals surface area contributed by atoms with Crippen LogP contribution < -0.4 is 5.73 Å². The molecule has 0 aliphatic rings. The largest absolute Gasteiger partial charge is 0.399 e. The first kappa shape index (κ1) is 15.4. The summed E-state index contributed by atoms with van der Waals surface area (Å²) in [5, 5.41) is 0. The number of alkyl halides is 2. The number of halogens is 3. The molecule has 0 heterocycles. The molecule has 0 aliphatic heterocycles. The standard InChI is InChI=1S/C14H12F3NO2S/c15-12-8-11(18)6-7-13(12)21(19,20)9-14(16,17)10-4-2-1-3-5-10/h1-8H,9,18H2. The van der Waals surface area contributed by atoms with Gasteiger partial charge in [-0.2, -0.15) is 0 Å². The topological polar surface area (TPSA) is 60.2 Å². The lowest BCUT2D eigenvalue weighted by atomic mass is 10.1. The molecule has 0 bridgehead atoms. The normalized spacial score (nSPS) is 12.3. The second-order valence-corrected chi connectivity index (χ2v) is 6.48. The third-order valence-electron chi connectivity index (χ3n) is 2.86. The van der Waals surface area contributed by atoms with Gasteiger partial charge in [-0.15, -0.1) is 0 Å². The van der Waals surface area contributed by atoms with Crippen molar-refractivity contribution in [1.29, 1.82) is 0 Å². The SMILES string of the molecule is Nc1ccc(S(=O)(=O)CC(F)(F)c2ccccc2)c(F)c1. The Morgan fingerprint density at radius 2 is 1.67 bits per heavy atom. The first-order valence-corrected chi connectivity index (χ1v) is 7.59. The van der Waals surface area contributed by atoms with E-state index >= 15 is 0 Å². The zero-order valence-corrected chi connectivity index (χ0v) is 11.6. The van der Waals surface area contributed by atoms with E-state index in [9.17, 15) is 21.6 Å². The summed E-state index contributed by atoms with van der Waals surface area (Å²) in [6, 6.07) is 9.35. The second-order valence-electron chi connectivity index (χ2n) is 4.52. The summed E-state index contributed by atoms with van der Waals surface area (Å²) in [6.45, 7) is 0. The van der Waals surface area contributed by atoms with E-state index in [4.69, 9.17) is 5.73 Å². The third kappa shape index (κ3) is 3.36. The number of nitrogens with two attached hydrogens (primary N) is 1. The molecule has 0 aliphatic carbocycles. The van der Waals surface area contributed by atoms with E-state index in [1.807, 2.05) is 0 Å². The summed E-state index contributed by atoms with van der Waals surface area (Å²) in [5.74, 6) is -6.27. The van der Waals surface area contributed by atoms with E-state index in [-0.39, 0.29) is 5.69 Å². The van der Waals surface area contributed by atoms with Gasteiger partial charge in [0, 0.05) is 11.3 Å². The molecule has 2 aromatic rings. The Hall–Kier alpha value is -2.02. The molecule has 7 heteroatoms. The van der Waals surface area contributed by atoms with Crippen molar-refractivity contribution in [3.63, 3.8) is 0 Å². The number of benzene rings is 2. The molecule has 0 saturated carbocycles. The number of sulfone groups is 1. The molecule has 112 valence electrons. The molecule has 21 heavy (non-hydrogen) atoms. The van der Waals surface area contributed by atoms with Crippen molar-refractivity contribution in [2.75, 3.05) is 11.5 Å². The number of hydrogen-bond donors (Lipinski definition) is 1. The fourth-order valence-corrected chi connectivity index (χ4v) is 3.28. The van der Waals surface area contributed by atoms with Gasteiger partial charge in [-0.3, -0.25) is 0 Å². The lowest BCUT2D eigenvalue weighted by Crippen LogP contribution is -2.26. The van der Waals surface area contributed by atoms with Gasteiger partial charge in [0.15, 0.2) is 9.84 Å². The highest BCUT2D eigenvalue weighted by Gasteiger charge is 2.39. The van der Waals surface area contributed by atoms with Gasteiger partial charge < -0.3 is 5.73 Å². The molecule has 0 amide bonds. The van der Waals surface area contributed by atoms with Crippen molar-refractivity contribution in [2.24, 2.45) is 0 Å². The quantitative estimate of drug-likeness (QED) is 0.882. The van der Waals surface area contributed by atoms with Crippen LogP contribution in [0.1, 0.15) is 5.56 Å². The molecule has 0 unspecified atom stereocenters. The van der Waals surface area contributed by atoms with Crippen LogP contribution in [0.4, 0.5) is 18.9 Å². The Kier molecular flexibility index (Phi) is 3.95. The average Bonchev–Trinajstić information content (AvgIpc) is 2.38. The Bertz CT molecular complexity index is 746. The Balaban J connectivity index is 2.37. The Morgan fingerprint density at radius 3 is 2.24 bits per heavy atom. The van der Waals surface area contributed by atoms with E-state index in [1.54, 1.807) is 0 Å². The van der Waals surface area contributed by atoms with E-state index in [1.165, 1.54) is 18.2 Å². The van der Waals surface area contributed by atoms with Crippen molar-refractivity contribution in [3.8, 4) is 0 Å². The minimum Gasteiger partial charge on any atom is -0.399 e. The maximum atomic E-state index is 14.0. The molecule has 0 atom stereocenters. The van der Waals surface area contributed by atoms with E-state index in [0.29, 0.717) is 0 Å². The Morgan fingerprint density at radius 1 is 1.05 bits per heavy atom. The zero-order valence-electron chi connectivity index (χ0n) is 10.8. The van der Waals surface area contributed by atoms with Gasteiger partial charge >= 0.3 is 0 Å². The molecule has 0 radical (unpaired) electrons. The molecule has 2 N–H and O–H groups in total. The van der Waals surface area contributed by atoms with Crippen LogP contribution in [-0.2, 0) is 15.8 Å². The van der Waals surface area contributed by atoms with Crippen LogP contribution in [-0.4, -0.2) is 14.2 Å². The summed E-state index contributed by atoms with van der Waals surface area (Å²) in [5.41, 5.74) is 4.88. The first-order chi connectivity index (χ1) is 9.72. The van der Waals surface area contributed by atoms with Gasteiger partial charge in [-0.1, -0.05) is 30.3 Å². The van der Waals surface area contributed by atoms with Crippen molar-refractivity contribution in [2.45, 2.75) is 10.8 Å². The highest BCUT2D eigenvalue weighted by molar-refractivity contribution is 7.91. The van der Waals surface area contributed by atoms with E-state index in [0.717, 1.165) is 30.3 Å². The predicted molar refractivity (Wildman–Crippen MR) is 73.2 cm³/mol. The van der Waals surface area contributed by atoms with Crippen molar-refractivity contribution in [3.05, 3.63) is 59.9 Å². The van der Waals surface area contributed by atoms with Crippen molar-refractivity contribution in [1.82, 2.24) is 0 Å². The first-order valence-electron chi connectivity index (χ1n) is 5.93. The second kappa shape index (κ2) is 5.40. The maximum Gasteiger partial charge on any atom is 0.287 e. The molecule has 0 spiro atoms. The molecule has 3 nitrogen and oxygen atoms in total. The van der Waals surface area contributed by atoms with Crippen LogP contribution >= 0.6 is 0 Å². The minimum atomic E-state index is -4.49. The molecule has 0 saturated heterocycles. The lowest BCUT2D eigenvalue weighted by Gasteiger charge is -2.17. The fourth-order valence-electron chi connectivity index (χ4n) is 1.85. The summed E-state index contributed by atoms with van der Waals surface area (Å²) in [7, 11) is -4.49. The highest BCUT2D eigenvalue weighted by atomic mass is 32.2. The molecule has 0 aromatic heterocycles. The molecular formula is C14H12F3NO2S. The maximum absolute atomic E-state index is 14.0. The van der Waals surface area contributed by atoms with Crippen LogP contribution in [0.5, 0.6) is 0 Å². The van der Waals surface area contributed by atoms with Gasteiger partial charge in [0.05, 0.1) is 0 Å². The lowest BCUT2D eigenvalue weighted by molar-refractivity contribution is 0.0213. The summed E-state index contributed by atoms with van der Waals surface area (Å²) < 4.78 is 65.6. The number of rotatable bonds is 4. The number of hydrogen-bond acceptors (Lipinski definition) is 3. The van der Waals surface area contributed by atoms with Crippen LogP contribution in [0.2, 0.25) is 0 Å². The predicted octanol–water partition coefficient (Wildman–Crippen LogP) is 2.97. The Labute approximate surface area is 120 Å². The fraction of sp³-hybridized carbons (Fsp3) is 0.143. The molecular weight excluding hydrogens is 303 g/mol. The third-order valence-corrected chi connectivity index (χ3v) is 4.60. The minimum absolute atomic E-state index is 0.0151. The van der Waals surface area contributed by atoms with E-state index < -0.39 is 37.8 Å². The van der Waals surface area contributed by atoms with Gasteiger partial charge in [0.1, 0.15) is 16.5 Å². The highest BCUT2D eigenvalue weighted by Crippen LogP contribution is 2.32. The smallest absolute Gasteiger partial charge is 0.287 e. The van der Waals surface area contributed by atoms with Gasteiger partial charge in [0.2, 0.25) is 0 Å². The summed E-state index contributed by atoms with van der Waals surface area (Å²) >= 11 is 0. The molecule has 2 rings (SSSR count). The average molecular weight is 315 g/mol. The van der Waals surface area contributed by atoms with Crippen LogP contribution in [0.15, 0.2) is 53.4 Å². The van der Waals surface area contributed by atoms with Gasteiger partial charge in [0.25, 0.3) is 5.92 Å². The van der Waals surface area contributed by atoms with Crippen molar-refractivity contribution < 1.29 is 21.6 Å². The van der Waals surface area contributed by atoms with Crippen molar-refractivity contribution >= 4 is 15.5 Å². The monoisotopic (exact) mass is 315 g/mol. The van der Waals surface area contributed by atoms with E-state index in [2.05, 4.69) is 0 Å². The van der Waals surface area contributed by atoms with Gasteiger partial charge in [-0.05, 0) is 18.2 Å². The summed E-state index contributed by atoms with van der Waals surface area (Å²) in [4.78, 5) is -0.785. The molecule has 0 fully saturated rings. The van der Waals surface area contributed by atoms with Crippen LogP contribution in [0.25, 0.3) is 0 Å². The van der Waals surface area contributed by atoms with Crippen LogP contribution in [0.3, 0.4) is 0 Å². The molecule has 2 aromatic carbocycles. The van der Waals surface area contributed by atoms with Gasteiger partial charge in [-0.25, -0.2) is 21.6 Å². The van der Waals surface area contributed by atoms with Crippen LogP contribution in [0, 0.1) is 5.82 Å². The number of nitrogen functional groups attached to an aromatic ring is 1. The number of anilines is 1. The summed E-state index contributed by atoms with van der Waals surface area (Å²) in [6.07, 6.45) is 0. The zero-order chi connectivity index (χ0) is 15.7.